The number of aryl methyl sites for hydroxylation is 1. The van der Waals surface area contributed by atoms with Crippen molar-refractivity contribution in [1.29, 1.82) is 0 Å². The van der Waals surface area contributed by atoms with Gasteiger partial charge >= 0.3 is 6.18 Å². The number of halogens is 3. The first-order valence-corrected chi connectivity index (χ1v) is 5.25. The first-order valence-electron chi connectivity index (χ1n) is 5.25. The van der Waals surface area contributed by atoms with E-state index in [0.717, 1.165) is 16.9 Å². The maximum absolute atomic E-state index is 12.3. The quantitative estimate of drug-likeness (QED) is 0.916. The van der Waals surface area contributed by atoms with E-state index in [9.17, 15) is 18.0 Å². The summed E-state index contributed by atoms with van der Waals surface area (Å²) in [6.45, 7) is -0.313. The number of anilines is 1. The molecule has 0 aliphatic rings. The molecule has 0 atom stereocenters. The minimum Gasteiger partial charge on any atom is -0.308 e. The fourth-order valence-corrected chi connectivity index (χ4v) is 1.41. The molecule has 0 radical (unpaired) electrons. The van der Waals surface area contributed by atoms with Crippen LogP contribution in [0.5, 0.6) is 0 Å². The van der Waals surface area contributed by atoms with Crippen molar-refractivity contribution in [1.82, 2.24) is 19.6 Å². The van der Waals surface area contributed by atoms with Gasteiger partial charge in [-0.05, 0) is 6.07 Å². The van der Waals surface area contributed by atoms with Crippen LogP contribution < -0.4 is 5.32 Å². The third-order valence-electron chi connectivity index (χ3n) is 2.22. The molecule has 102 valence electrons. The molecule has 0 aliphatic carbocycles. The number of carbonyl (C=O) groups excluding carboxylic acids is 1. The molecule has 0 saturated heterocycles. The number of nitrogens with one attached hydrogen (secondary N) is 1. The first-order chi connectivity index (χ1) is 8.84. The van der Waals surface area contributed by atoms with Crippen molar-refractivity contribution in [3.8, 4) is 0 Å². The molecule has 19 heavy (non-hydrogen) atoms. The zero-order valence-electron chi connectivity index (χ0n) is 9.85. The molecule has 2 heterocycles. The third kappa shape index (κ3) is 3.33. The van der Waals surface area contributed by atoms with Gasteiger partial charge in [0.1, 0.15) is 6.54 Å². The first kappa shape index (κ1) is 13.1. The van der Waals surface area contributed by atoms with E-state index in [4.69, 9.17) is 0 Å². The topological polar surface area (TPSA) is 64.7 Å². The van der Waals surface area contributed by atoms with Crippen LogP contribution in [-0.4, -0.2) is 25.5 Å². The summed E-state index contributed by atoms with van der Waals surface area (Å²) in [5.74, 6) is -0.175. The predicted octanol–water partition coefficient (Wildman–Crippen LogP) is 1.27. The van der Waals surface area contributed by atoms with Crippen molar-refractivity contribution < 1.29 is 18.0 Å². The van der Waals surface area contributed by atoms with Crippen LogP contribution in [0.4, 0.5) is 19.0 Å². The van der Waals surface area contributed by atoms with Crippen LogP contribution >= 0.6 is 0 Å². The molecule has 0 spiro atoms. The lowest BCUT2D eigenvalue weighted by Crippen LogP contribution is -2.20. The minimum atomic E-state index is -4.51. The van der Waals surface area contributed by atoms with Crippen LogP contribution in [0.1, 0.15) is 5.69 Å². The van der Waals surface area contributed by atoms with Crippen LogP contribution in [-0.2, 0) is 24.6 Å². The maximum Gasteiger partial charge on any atom is 0.435 e. The Hall–Kier alpha value is -2.32. The summed E-state index contributed by atoms with van der Waals surface area (Å²) < 4.78 is 39.3. The molecule has 0 aromatic carbocycles. The largest absolute Gasteiger partial charge is 0.435 e. The standard InChI is InChI=1S/C10H10F3N5O/c1-17-4-3-8(16-17)14-9(19)6-18-5-2-7(15-18)10(11,12)13/h2-5H,6H2,1H3,(H,14,16,19). The maximum atomic E-state index is 12.3. The number of hydrogen-bond acceptors (Lipinski definition) is 3. The Bertz CT molecular complexity index is 586. The fourth-order valence-electron chi connectivity index (χ4n) is 1.41. The van der Waals surface area contributed by atoms with E-state index in [2.05, 4.69) is 15.5 Å². The summed E-state index contributed by atoms with van der Waals surface area (Å²) >= 11 is 0. The van der Waals surface area contributed by atoms with Gasteiger partial charge in [-0.2, -0.15) is 23.4 Å². The van der Waals surface area contributed by atoms with Gasteiger partial charge in [0.05, 0.1) is 0 Å². The normalized spacial score (nSPS) is 11.6. The van der Waals surface area contributed by atoms with Crippen molar-refractivity contribution in [3.05, 3.63) is 30.2 Å². The van der Waals surface area contributed by atoms with E-state index in [1.807, 2.05) is 0 Å². The number of alkyl halides is 3. The average molecular weight is 273 g/mol. The molecule has 0 aliphatic heterocycles. The highest BCUT2D eigenvalue weighted by Gasteiger charge is 2.33. The average Bonchev–Trinajstić information content (AvgIpc) is 2.87. The molecule has 1 N–H and O–H groups in total. The number of hydrogen-bond donors (Lipinski definition) is 1. The zero-order valence-corrected chi connectivity index (χ0v) is 9.85. The molecule has 2 rings (SSSR count). The Kier molecular flexibility index (Phi) is 3.28. The molecule has 0 bridgehead atoms. The summed E-state index contributed by atoms with van der Waals surface area (Å²) in [7, 11) is 1.68. The molecule has 6 nitrogen and oxygen atoms in total. The van der Waals surface area contributed by atoms with Crippen LogP contribution in [0.15, 0.2) is 24.5 Å². The van der Waals surface area contributed by atoms with Gasteiger partial charge in [0.25, 0.3) is 0 Å². The highest BCUT2D eigenvalue weighted by Crippen LogP contribution is 2.27. The Morgan fingerprint density at radius 3 is 2.58 bits per heavy atom. The number of nitrogens with zero attached hydrogens (tertiary/aromatic N) is 4. The van der Waals surface area contributed by atoms with Crippen molar-refractivity contribution in [2.45, 2.75) is 12.7 Å². The monoisotopic (exact) mass is 273 g/mol. The van der Waals surface area contributed by atoms with E-state index >= 15 is 0 Å². The van der Waals surface area contributed by atoms with Crippen LogP contribution in [0.2, 0.25) is 0 Å². The second kappa shape index (κ2) is 4.75. The molecule has 2 aromatic rings. The highest BCUT2D eigenvalue weighted by atomic mass is 19.4. The minimum absolute atomic E-state index is 0.313. The second-order valence-electron chi connectivity index (χ2n) is 3.82. The molecule has 2 aromatic heterocycles. The van der Waals surface area contributed by atoms with E-state index in [1.165, 1.54) is 4.68 Å². The Balaban J connectivity index is 1.97. The van der Waals surface area contributed by atoms with E-state index in [1.54, 1.807) is 19.3 Å². The van der Waals surface area contributed by atoms with Gasteiger partial charge in [-0.1, -0.05) is 0 Å². The smallest absolute Gasteiger partial charge is 0.308 e. The molecule has 0 saturated carbocycles. The summed E-state index contributed by atoms with van der Waals surface area (Å²) in [4.78, 5) is 11.5. The number of rotatable bonds is 3. The van der Waals surface area contributed by atoms with Gasteiger partial charge in [0.2, 0.25) is 5.91 Å². The fraction of sp³-hybridized carbons (Fsp3) is 0.300. The Morgan fingerprint density at radius 2 is 2.05 bits per heavy atom. The predicted molar refractivity (Wildman–Crippen MR) is 59.1 cm³/mol. The lowest BCUT2D eigenvalue weighted by molar-refractivity contribution is -0.141. The van der Waals surface area contributed by atoms with Crippen molar-refractivity contribution in [3.63, 3.8) is 0 Å². The van der Waals surface area contributed by atoms with Crippen molar-refractivity contribution in [2.24, 2.45) is 7.05 Å². The van der Waals surface area contributed by atoms with Crippen LogP contribution in [0, 0.1) is 0 Å². The summed E-state index contributed by atoms with van der Waals surface area (Å²) in [5.41, 5.74) is -1.03. The Labute approximate surface area is 105 Å². The Morgan fingerprint density at radius 1 is 1.32 bits per heavy atom. The number of amides is 1. The van der Waals surface area contributed by atoms with Gasteiger partial charge < -0.3 is 5.32 Å². The van der Waals surface area contributed by atoms with E-state index in [0.29, 0.717) is 5.82 Å². The van der Waals surface area contributed by atoms with Gasteiger partial charge in [0.15, 0.2) is 11.5 Å². The summed E-state index contributed by atoms with van der Waals surface area (Å²) in [6, 6.07) is 2.39. The molecule has 9 heteroatoms. The van der Waals surface area contributed by atoms with Gasteiger partial charge in [0, 0.05) is 25.5 Å². The van der Waals surface area contributed by atoms with Gasteiger partial charge in [-0.3, -0.25) is 14.2 Å². The van der Waals surface area contributed by atoms with Crippen molar-refractivity contribution in [2.75, 3.05) is 5.32 Å². The summed E-state index contributed by atoms with van der Waals surface area (Å²) in [5, 5.41) is 9.63. The van der Waals surface area contributed by atoms with Crippen LogP contribution in [0.3, 0.4) is 0 Å². The van der Waals surface area contributed by atoms with Crippen LogP contribution in [0.25, 0.3) is 0 Å². The van der Waals surface area contributed by atoms with E-state index in [-0.39, 0.29) is 6.54 Å². The molecular weight excluding hydrogens is 263 g/mol. The van der Waals surface area contributed by atoms with Crippen molar-refractivity contribution >= 4 is 11.7 Å². The molecular formula is C10H10F3N5O. The second-order valence-corrected chi connectivity index (χ2v) is 3.82. The third-order valence-corrected chi connectivity index (χ3v) is 2.22. The number of carbonyl (C=O) groups is 1. The molecule has 0 fully saturated rings. The molecule has 0 unspecified atom stereocenters. The lowest BCUT2D eigenvalue weighted by atomic mass is 10.4. The molecule has 1 amide bonds. The van der Waals surface area contributed by atoms with Gasteiger partial charge in [-0.15, -0.1) is 0 Å². The SMILES string of the molecule is Cn1ccc(NC(=O)Cn2ccc(C(F)(F)F)n2)n1. The lowest BCUT2D eigenvalue weighted by Gasteiger charge is -2.03. The van der Waals surface area contributed by atoms with Gasteiger partial charge in [-0.25, -0.2) is 0 Å². The number of aromatic nitrogens is 4. The zero-order chi connectivity index (χ0) is 14.0. The summed E-state index contributed by atoms with van der Waals surface area (Å²) in [6.07, 6.45) is -1.78. The van der Waals surface area contributed by atoms with E-state index < -0.39 is 17.8 Å². The highest BCUT2D eigenvalue weighted by molar-refractivity contribution is 5.89.